The van der Waals surface area contributed by atoms with Crippen LogP contribution in [0.15, 0.2) is 4.34 Å². The Bertz CT molecular complexity index is 550. The van der Waals surface area contributed by atoms with E-state index in [2.05, 4.69) is 10.2 Å². The van der Waals surface area contributed by atoms with Gasteiger partial charge in [0.05, 0.1) is 26.2 Å². The zero-order valence-electron chi connectivity index (χ0n) is 10.1. The largest absolute Gasteiger partial charge is 0.379 e. The van der Waals surface area contributed by atoms with Gasteiger partial charge >= 0.3 is 0 Å². The van der Waals surface area contributed by atoms with Crippen molar-refractivity contribution >= 4 is 27.1 Å². The first-order valence-corrected chi connectivity index (χ1v) is 7.98. The number of sulfonamides is 1. The van der Waals surface area contributed by atoms with Gasteiger partial charge in [-0.3, -0.25) is 9.69 Å². The number of ether oxygens (including phenoxy) is 1. The smallest absolute Gasteiger partial charge is 0.267 e. The Morgan fingerprint density at radius 3 is 2.63 bits per heavy atom. The first kappa shape index (κ1) is 14.5. The van der Waals surface area contributed by atoms with Gasteiger partial charge in [0.15, 0.2) is 5.78 Å². The third kappa shape index (κ3) is 4.28. The second-order valence-electron chi connectivity index (χ2n) is 4.11. The molecule has 0 atom stereocenters. The van der Waals surface area contributed by atoms with E-state index < -0.39 is 10.0 Å². The number of nitrogens with zero attached hydrogens (tertiary/aromatic N) is 3. The van der Waals surface area contributed by atoms with Crippen LogP contribution in [0.25, 0.3) is 0 Å². The first-order chi connectivity index (χ1) is 8.95. The van der Waals surface area contributed by atoms with Gasteiger partial charge in [-0.1, -0.05) is 11.3 Å². The van der Waals surface area contributed by atoms with Gasteiger partial charge < -0.3 is 4.74 Å². The number of carbonyl (C=O) groups excluding carboxylic acids is 1. The molecule has 0 amide bonds. The van der Waals surface area contributed by atoms with Crippen LogP contribution < -0.4 is 5.14 Å². The maximum atomic E-state index is 11.8. The molecule has 1 aromatic rings. The highest BCUT2D eigenvalue weighted by Gasteiger charge is 2.19. The van der Waals surface area contributed by atoms with E-state index in [0.717, 1.165) is 24.4 Å². The summed E-state index contributed by atoms with van der Waals surface area (Å²) in [5.41, 5.74) is 0. The van der Waals surface area contributed by atoms with Crippen LogP contribution in [0.2, 0.25) is 0 Å². The van der Waals surface area contributed by atoms with Gasteiger partial charge in [0.1, 0.15) is 5.01 Å². The van der Waals surface area contributed by atoms with Crippen molar-refractivity contribution in [2.24, 2.45) is 5.14 Å². The van der Waals surface area contributed by atoms with Crippen molar-refractivity contribution < 1.29 is 17.9 Å². The number of rotatable bonds is 5. The van der Waals surface area contributed by atoms with Crippen molar-refractivity contribution in [1.29, 1.82) is 0 Å². The van der Waals surface area contributed by atoms with E-state index in [-0.39, 0.29) is 16.5 Å². The molecule has 1 aliphatic heterocycles. The lowest BCUT2D eigenvalue weighted by atomic mass is 10.2. The van der Waals surface area contributed by atoms with Crippen molar-refractivity contribution in [2.75, 3.05) is 32.8 Å². The lowest BCUT2D eigenvalue weighted by Crippen LogP contribution is -2.39. The van der Waals surface area contributed by atoms with Gasteiger partial charge in [0.25, 0.3) is 10.0 Å². The lowest BCUT2D eigenvalue weighted by Gasteiger charge is -2.25. The summed E-state index contributed by atoms with van der Waals surface area (Å²) in [6.07, 6.45) is 0.0740. The molecule has 19 heavy (non-hydrogen) atoms. The summed E-state index contributed by atoms with van der Waals surface area (Å²) in [7, 11) is -3.84. The summed E-state index contributed by atoms with van der Waals surface area (Å²) in [5.74, 6) is -0.0287. The second kappa shape index (κ2) is 6.01. The van der Waals surface area contributed by atoms with Gasteiger partial charge in [-0.15, -0.1) is 10.2 Å². The maximum absolute atomic E-state index is 11.8. The molecule has 0 aliphatic carbocycles. The van der Waals surface area contributed by atoms with Crippen LogP contribution in [-0.4, -0.2) is 62.1 Å². The zero-order chi connectivity index (χ0) is 13.9. The van der Waals surface area contributed by atoms with E-state index in [9.17, 15) is 13.2 Å². The number of Topliss-reactive ketones (excluding diaryl/α,β-unsaturated/α-hetero) is 1. The van der Waals surface area contributed by atoms with Gasteiger partial charge in [-0.25, -0.2) is 13.6 Å². The molecule has 2 heterocycles. The number of morpholine rings is 1. The number of primary sulfonamides is 1. The standard InChI is InChI=1S/C9H14N4O4S2/c10-19(15,16)9-12-11-8(18-9)5-7(14)6-13-1-3-17-4-2-13/h1-6H2,(H2,10,15,16). The van der Waals surface area contributed by atoms with Gasteiger partial charge in [-0.05, 0) is 0 Å². The maximum Gasteiger partial charge on any atom is 0.267 e. The van der Waals surface area contributed by atoms with Crippen molar-refractivity contribution in [2.45, 2.75) is 10.8 Å². The second-order valence-corrected chi connectivity index (χ2v) is 6.91. The summed E-state index contributed by atoms with van der Waals surface area (Å²) in [5, 5.41) is 12.4. The van der Waals surface area contributed by atoms with Crippen LogP contribution in [0.4, 0.5) is 0 Å². The highest BCUT2D eigenvalue weighted by Crippen LogP contribution is 2.14. The fourth-order valence-corrected chi connectivity index (χ4v) is 3.16. The fraction of sp³-hybridized carbons (Fsp3) is 0.667. The summed E-state index contributed by atoms with van der Waals surface area (Å²) in [6.45, 7) is 3.02. The van der Waals surface area contributed by atoms with Crippen molar-refractivity contribution in [3.05, 3.63) is 5.01 Å². The van der Waals surface area contributed by atoms with Crippen molar-refractivity contribution in [3.8, 4) is 0 Å². The molecule has 1 saturated heterocycles. The topological polar surface area (TPSA) is 115 Å². The molecule has 1 fully saturated rings. The summed E-state index contributed by atoms with van der Waals surface area (Å²) >= 11 is 0.831. The predicted molar refractivity (Wildman–Crippen MR) is 67.3 cm³/mol. The van der Waals surface area contributed by atoms with E-state index in [0.29, 0.717) is 24.8 Å². The van der Waals surface area contributed by atoms with Crippen LogP contribution >= 0.6 is 11.3 Å². The Morgan fingerprint density at radius 2 is 2.05 bits per heavy atom. The summed E-state index contributed by atoms with van der Waals surface area (Å²) < 4.78 is 27.0. The number of nitrogens with two attached hydrogens (primary N) is 1. The van der Waals surface area contributed by atoms with E-state index in [4.69, 9.17) is 9.88 Å². The van der Waals surface area contributed by atoms with E-state index in [1.165, 1.54) is 0 Å². The number of hydrogen-bond donors (Lipinski definition) is 1. The molecule has 106 valence electrons. The first-order valence-electron chi connectivity index (χ1n) is 5.62. The Kier molecular flexibility index (Phi) is 4.58. The number of ketones is 1. The quantitative estimate of drug-likeness (QED) is 0.713. The zero-order valence-corrected chi connectivity index (χ0v) is 11.7. The third-order valence-electron chi connectivity index (χ3n) is 2.54. The molecule has 0 unspecified atom stereocenters. The van der Waals surface area contributed by atoms with Gasteiger partial charge in [-0.2, -0.15) is 0 Å². The Balaban J connectivity index is 1.90. The SMILES string of the molecule is NS(=O)(=O)c1nnc(CC(=O)CN2CCOCC2)s1. The minimum Gasteiger partial charge on any atom is -0.379 e. The van der Waals surface area contributed by atoms with Gasteiger partial charge in [0, 0.05) is 13.1 Å². The summed E-state index contributed by atoms with van der Waals surface area (Å²) in [4.78, 5) is 13.8. The molecule has 0 bridgehead atoms. The molecule has 8 nitrogen and oxygen atoms in total. The summed E-state index contributed by atoms with van der Waals surface area (Å²) in [6, 6.07) is 0. The normalized spacial score (nSPS) is 17.5. The lowest BCUT2D eigenvalue weighted by molar-refractivity contribution is -0.120. The molecule has 0 spiro atoms. The van der Waals surface area contributed by atoms with Crippen LogP contribution in [0.3, 0.4) is 0 Å². The highest BCUT2D eigenvalue weighted by atomic mass is 32.2. The Hall–Kier alpha value is -0.940. The van der Waals surface area contributed by atoms with Gasteiger partial charge in [0.2, 0.25) is 4.34 Å². The molecule has 2 N–H and O–H groups in total. The van der Waals surface area contributed by atoms with E-state index >= 15 is 0 Å². The average molecular weight is 306 g/mol. The van der Waals surface area contributed by atoms with Crippen LogP contribution in [0.1, 0.15) is 5.01 Å². The molecular weight excluding hydrogens is 292 g/mol. The molecule has 2 rings (SSSR count). The molecule has 0 saturated carbocycles. The number of aromatic nitrogens is 2. The fourth-order valence-electron chi connectivity index (χ4n) is 1.66. The van der Waals surface area contributed by atoms with Crippen LogP contribution in [0.5, 0.6) is 0 Å². The Morgan fingerprint density at radius 1 is 1.37 bits per heavy atom. The molecule has 1 aliphatic rings. The third-order valence-corrected chi connectivity index (χ3v) is 4.78. The number of carbonyl (C=O) groups is 1. The Labute approximate surface area is 114 Å². The molecule has 0 aromatic carbocycles. The van der Waals surface area contributed by atoms with Crippen LogP contribution in [0, 0.1) is 0 Å². The molecule has 10 heteroatoms. The minimum atomic E-state index is -3.84. The van der Waals surface area contributed by atoms with Crippen molar-refractivity contribution in [3.63, 3.8) is 0 Å². The van der Waals surface area contributed by atoms with E-state index in [1.54, 1.807) is 0 Å². The van der Waals surface area contributed by atoms with Crippen LogP contribution in [-0.2, 0) is 26.0 Å². The molecule has 1 aromatic heterocycles. The minimum absolute atomic E-state index is 0.0287. The molecule has 0 radical (unpaired) electrons. The van der Waals surface area contributed by atoms with Crippen molar-refractivity contribution in [1.82, 2.24) is 15.1 Å². The predicted octanol–water partition coefficient (Wildman–Crippen LogP) is -1.37. The highest BCUT2D eigenvalue weighted by molar-refractivity contribution is 7.91. The monoisotopic (exact) mass is 306 g/mol. The average Bonchev–Trinajstić information content (AvgIpc) is 2.78. The number of hydrogen-bond acceptors (Lipinski definition) is 8. The van der Waals surface area contributed by atoms with E-state index in [1.807, 2.05) is 4.90 Å². The molecular formula is C9H14N4O4S2.